The maximum atomic E-state index is 13.0. The summed E-state index contributed by atoms with van der Waals surface area (Å²) in [4.78, 5) is 19.5. The Labute approximate surface area is 226 Å². The first-order valence-electron chi connectivity index (χ1n) is 13.0. The van der Waals surface area contributed by atoms with Gasteiger partial charge in [-0.2, -0.15) is 0 Å². The molecular weight excluding hydrogens is 499 g/mol. The lowest BCUT2D eigenvalue weighted by atomic mass is 10.1. The molecule has 6 nitrogen and oxygen atoms in total. The third-order valence-electron chi connectivity index (χ3n) is 6.48. The van der Waals surface area contributed by atoms with Crippen molar-refractivity contribution in [2.24, 2.45) is 0 Å². The van der Waals surface area contributed by atoms with E-state index in [1.807, 2.05) is 41.8 Å². The van der Waals surface area contributed by atoms with Crippen LogP contribution in [0.1, 0.15) is 25.7 Å². The number of urea groups is 1. The molecule has 38 heavy (non-hydrogen) atoms. The molecule has 1 aliphatic heterocycles. The molecule has 4 aromatic rings. The Morgan fingerprint density at radius 3 is 2.18 bits per heavy atom. The number of halogens is 1. The minimum atomic E-state index is -0.394. The number of aromatic nitrogens is 1. The van der Waals surface area contributed by atoms with E-state index >= 15 is 0 Å². The standard InChI is InChI=1S/C30H31FN4O2S/c31-24-9-13-26(14-10-24)33-30(36)32-25-11-5-22(6-12-25)28-21-38-29(34-28)23-7-15-27(16-8-23)37-20-4-19-35-17-2-1-3-18-35/h5-16,21H,1-4,17-20H2,(H2,32,33,36). The summed E-state index contributed by atoms with van der Waals surface area (Å²) in [5.41, 5.74) is 4.06. The van der Waals surface area contributed by atoms with Crippen LogP contribution in [-0.4, -0.2) is 42.2 Å². The van der Waals surface area contributed by atoms with E-state index in [-0.39, 0.29) is 5.82 Å². The third-order valence-corrected chi connectivity index (χ3v) is 7.37. The SMILES string of the molecule is O=C(Nc1ccc(F)cc1)Nc1ccc(-c2csc(-c3ccc(OCCCN4CCCCC4)cc3)n2)cc1. The summed E-state index contributed by atoms with van der Waals surface area (Å²) in [6, 6.07) is 20.8. The van der Waals surface area contributed by atoms with Gasteiger partial charge in [-0.1, -0.05) is 18.6 Å². The monoisotopic (exact) mass is 530 g/mol. The van der Waals surface area contributed by atoms with Crippen molar-refractivity contribution in [3.05, 3.63) is 84.0 Å². The highest BCUT2D eigenvalue weighted by Gasteiger charge is 2.10. The number of benzene rings is 3. The molecule has 0 atom stereocenters. The fourth-order valence-corrected chi connectivity index (χ4v) is 5.28. The summed E-state index contributed by atoms with van der Waals surface area (Å²) in [5.74, 6) is 0.535. The molecule has 0 spiro atoms. The lowest BCUT2D eigenvalue weighted by molar-refractivity contribution is 0.205. The smallest absolute Gasteiger partial charge is 0.323 e. The number of hydrogen-bond acceptors (Lipinski definition) is 5. The van der Waals surface area contributed by atoms with Crippen molar-refractivity contribution in [3.8, 4) is 27.6 Å². The first-order chi connectivity index (χ1) is 18.6. The lowest BCUT2D eigenvalue weighted by Gasteiger charge is -2.26. The summed E-state index contributed by atoms with van der Waals surface area (Å²) in [7, 11) is 0. The molecule has 0 saturated carbocycles. The number of nitrogens with one attached hydrogen (secondary N) is 2. The zero-order chi connectivity index (χ0) is 26.2. The van der Waals surface area contributed by atoms with E-state index in [1.54, 1.807) is 11.3 Å². The minimum absolute atomic E-state index is 0.350. The van der Waals surface area contributed by atoms with Crippen LogP contribution >= 0.6 is 11.3 Å². The topological polar surface area (TPSA) is 66.5 Å². The molecular formula is C30H31FN4O2S. The van der Waals surface area contributed by atoms with Crippen LogP contribution in [0.2, 0.25) is 0 Å². The van der Waals surface area contributed by atoms with Crippen LogP contribution in [0.15, 0.2) is 78.2 Å². The van der Waals surface area contributed by atoms with Gasteiger partial charge in [-0.05, 0) is 93.0 Å². The fraction of sp³-hybridized carbons (Fsp3) is 0.267. The van der Waals surface area contributed by atoms with Gasteiger partial charge in [0.05, 0.1) is 12.3 Å². The van der Waals surface area contributed by atoms with E-state index in [4.69, 9.17) is 9.72 Å². The van der Waals surface area contributed by atoms with E-state index in [1.165, 1.54) is 56.6 Å². The summed E-state index contributed by atoms with van der Waals surface area (Å²) in [6.07, 6.45) is 5.06. The Kier molecular flexibility index (Phi) is 8.63. The molecule has 1 aliphatic rings. The van der Waals surface area contributed by atoms with Crippen molar-refractivity contribution in [2.45, 2.75) is 25.7 Å². The predicted octanol–water partition coefficient (Wildman–Crippen LogP) is 7.52. The van der Waals surface area contributed by atoms with E-state index < -0.39 is 6.03 Å². The maximum Gasteiger partial charge on any atom is 0.323 e. The number of anilines is 2. The first-order valence-corrected chi connectivity index (χ1v) is 13.9. The molecule has 196 valence electrons. The van der Waals surface area contributed by atoms with Crippen molar-refractivity contribution in [1.82, 2.24) is 9.88 Å². The molecule has 1 aromatic heterocycles. The van der Waals surface area contributed by atoms with Gasteiger partial charge in [-0.25, -0.2) is 14.2 Å². The quantitative estimate of drug-likeness (QED) is 0.220. The number of piperidine rings is 1. The van der Waals surface area contributed by atoms with Gasteiger partial charge >= 0.3 is 6.03 Å². The van der Waals surface area contributed by atoms with Gasteiger partial charge in [-0.15, -0.1) is 11.3 Å². The number of rotatable bonds is 9. The summed E-state index contributed by atoms with van der Waals surface area (Å²) in [6.45, 7) is 4.29. The highest BCUT2D eigenvalue weighted by molar-refractivity contribution is 7.13. The second kappa shape index (κ2) is 12.7. The van der Waals surface area contributed by atoms with Crippen molar-refractivity contribution in [3.63, 3.8) is 0 Å². The number of carbonyl (C=O) groups is 1. The predicted molar refractivity (Wildman–Crippen MR) is 152 cm³/mol. The van der Waals surface area contributed by atoms with Crippen LogP contribution in [0.5, 0.6) is 5.75 Å². The van der Waals surface area contributed by atoms with Gasteiger partial charge in [0.15, 0.2) is 0 Å². The first kappa shape index (κ1) is 25.9. The van der Waals surface area contributed by atoms with Crippen molar-refractivity contribution < 1.29 is 13.9 Å². The molecule has 0 unspecified atom stereocenters. The third kappa shape index (κ3) is 7.18. The van der Waals surface area contributed by atoms with Gasteiger partial charge in [0, 0.05) is 34.4 Å². The molecule has 2 N–H and O–H groups in total. The van der Waals surface area contributed by atoms with Crippen LogP contribution in [0.4, 0.5) is 20.6 Å². The van der Waals surface area contributed by atoms with Crippen molar-refractivity contribution in [1.29, 1.82) is 0 Å². The number of likely N-dealkylation sites (tertiary alicyclic amines) is 1. The molecule has 0 aliphatic carbocycles. The fourth-order valence-electron chi connectivity index (χ4n) is 4.44. The average molecular weight is 531 g/mol. The van der Waals surface area contributed by atoms with Crippen LogP contribution in [0, 0.1) is 5.82 Å². The van der Waals surface area contributed by atoms with Crippen molar-refractivity contribution in [2.75, 3.05) is 36.9 Å². The molecule has 0 bridgehead atoms. The molecule has 2 heterocycles. The second-order valence-corrected chi connectivity index (χ2v) is 10.2. The zero-order valence-corrected chi connectivity index (χ0v) is 22.0. The Hall–Kier alpha value is -3.75. The number of nitrogens with zero attached hydrogens (tertiary/aromatic N) is 2. The van der Waals surface area contributed by atoms with E-state index in [9.17, 15) is 9.18 Å². The Morgan fingerprint density at radius 2 is 1.50 bits per heavy atom. The minimum Gasteiger partial charge on any atom is -0.494 e. The largest absolute Gasteiger partial charge is 0.494 e. The molecule has 1 saturated heterocycles. The molecule has 5 rings (SSSR count). The molecule has 3 aromatic carbocycles. The number of thiazole rings is 1. The maximum absolute atomic E-state index is 13.0. The van der Waals surface area contributed by atoms with Crippen LogP contribution < -0.4 is 15.4 Å². The van der Waals surface area contributed by atoms with E-state index in [0.717, 1.165) is 47.2 Å². The highest BCUT2D eigenvalue weighted by Crippen LogP contribution is 2.30. The Balaban J connectivity index is 1.11. The van der Waals surface area contributed by atoms with Gasteiger partial charge in [0.2, 0.25) is 0 Å². The van der Waals surface area contributed by atoms with Gasteiger partial charge < -0.3 is 20.3 Å². The number of amides is 2. The molecule has 8 heteroatoms. The van der Waals surface area contributed by atoms with Gasteiger partial charge in [0.25, 0.3) is 0 Å². The summed E-state index contributed by atoms with van der Waals surface area (Å²) in [5, 5.41) is 8.43. The molecule has 1 fully saturated rings. The van der Waals surface area contributed by atoms with Gasteiger partial charge in [-0.3, -0.25) is 0 Å². The van der Waals surface area contributed by atoms with Gasteiger partial charge in [0.1, 0.15) is 16.6 Å². The molecule has 2 amide bonds. The van der Waals surface area contributed by atoms with Crippen LogP contribution in [0.3, 0.4) is 0 Å². The summed E-state index contributed by atoms with van der Waals surface area (Å²) < 4.78 is 19.0. The second-order valence-electron chi connectivity index (χ2n) is 9.33. The van der Waals surface area contributed by atoms with E-state index in [2.05, 4.69) is 27.7 Å². The van der Waals surface area contributed by atoms with Crippen LogP contribution in [0.25, 0.3) is 21.8 Å². The number of hydrogen-bond donors (Lipinski definition) is 2. The zero-order valence-electron chi connectivity index (χ0n) is 21.2. The Bertz CT molecular complexity index is 1320. The van der Waals surface area contributed by atoms with E-state index in [0.29, 0.717) is 11.4 Å². The highest BCUT2D eigenvalue weighted by atomic mass is 32.1. The lowest BCUT2D eigenvalue weighted by Crippen LogP contribution is -2.31. The van der Waals surface area contributed by atoms with Crippen LogP contribution in [-0.2, 0) is 0 Å². The normalized spacial score (nSPS) is 13.7. The average Bonchev–Trinajstić information content (AvgIpc) is 3.44. The number of ether oxygens (including phenoxy) is 1. The van der Waals surface area contributed by atoms with Crippen molar-refractivity contribution >= 4 is 28.7 Å². The Morgan fingerprint density at radius 1 is 0.868 bits per heavy atom. The molecule has 0 radical (unpaired) electrons. The summed E-state index contributed by atoms with van der Waals surface area (Å²) >= 11 is 1.59. The number of carbonyl (C=O) groups excluding carboxylic acids is 1.